The van der Waals surface area contributed by atoms with Crippen LogP contribution in [0, 0.1) is 17.2 Å². The Hall–Kier alpha value is -3.33. The summed E-state index contributed by atoms with van der Waals surface area (Å²) in [6, 6.07) is 5.39. The minimum atomic E-state index is -3.06. The fourth-order valence-electron chi connectivity index (χ4n) is 3.82. The Kier molecular flexibility index (Phi) is 6.18. The van der Waals surface area contributed by atoms with Crippen molar-refractivity contribution in [1.29, 1.82) is 5.26 Å². The second kappa shape index (κ2) is 9.04. The molecular formula is C20H22N4O7S. The van der Waals surface area contributed by atoms with Gasteiger partial charge in [-0.1, -0.05) is 0 Å². The molecule has 1 amide bonds. The number of sulfone groups is 1. The number of aromatic nitrogens is 1. The number of carbonyl (C=O) groups is 2. The van der Waals surface area contributed by atoms with E-state index in [2.05, 4.69) is 4.98 Å². The number of nitriles is 1. The van der Waals surface area contributed by atoms with Crippen molar-refractivity contribution < 1.29 is 31.6 Å². The summed E-state index contributed by atoms with van der Waals surface area (Å²) in [5.41, 5.74) is 0.138. The van der Waals surface area contributed by atoms with E-state index in [1.165, 1.54) is 6.26 Å². The molecule has 32 heavy (non-hydrogen) atoms. The summed E-state index contributed by atoms with van der Waals surface area (Å²) in [5.74, 6) is -0.101. The number of piperazine rings is 1. The molecular weight excluding hydrogens is 440 g/mol. The van der Waals surface area contributed by atoms with Crippen molar-refractivity contribution in [3.63, 3.8) is 0 Å². The maximum atomic E-state index is 12.4. The number of esters is 1. The Morgan fingerprint density at radius 2 is 2.06 bits per heavy atom. The highest BCUT2D eigenvalue weighted by Crippen LogP contribution is 2.29. The van der Waals surface area contributed by atoms with E-state index in [4.69, 9.17) is 13.6 Å². The van der Waals surface area contributed by atoms with Gasteiger partial charge in [-0.15, -0.1) is 0 Å². The molecule has 0 spiro atoms. The summed E-state index contributed by atoms with van der Waals surface area (Å²) in [6.45, 7) is 1.17. The highest BCUT2D eigenvalue weighted by atomic mass is 32.2. The highest BCUT2D eigenvalue weighted by Gasteiger charge is 2.31. The molecule has 4 rings (SSSR count). The van der Waals surface area contributed by atoms with Crippen LogP contribution in [0.4, 0.5) is 5.88 Å². The summed E-state index contributed by atoms with van der Waals surface area (Å²) >= 11 is 0. The fourth-order valence-corrected chi connectivity index (χ4v) is 5.69. The molecule has 11 nitrogen and oxygen atoms in total. The number of rotatable bonds is 6. The third kappa shape index (κ3) is 4.94. The molecule has 2 fully saturated rings. The van der Waals surface area contributed by atoms with Crippen LogP contribution in [0.2, 0.25) is 0 Å². The zero-order valence-electron chi connectivity index (χ0n) is 17.2. The van der Waals surface area contributed by atoms with Crippen LogP contribution in [0.15, 0.2) is 27.2 Å². The maximum absolute atomic E-state index is 12.4. The lowest BCUT2D eigenvalue weighted by molar-refractivity contribution is -0.152. The molecule has 2 aliphatic heterocycles. The Balaban J connectivity index is 1.26. The van der Waals surface area contributed by atoms with Crippen molar-refractivity contribution >= 4 is 27.6 Å². The van der Waals surface area contributed by atoms with Crippen molar-refractivity contribution in [2.75, 3.05) is 49.2 Å². The highest BCUT2D eigenvalue weighted by molar-refractivity contribution is 7.91. The fraction of sp³-hybridized carbons (Fsp3) is 0.500. The standard InChI is InChI=1S/C20H22N4O7S/c21-11-15-20(31-19(22-15)16-2-1-8-29-16)24-6-4-23(5-7-24)17(25)12-30-18(26)10-14-3-9-32(27,28)13-14/h1-2,8,14H,3-7,9-10,12-13H2. The summed E-state index contributed by atoms with van der Waals surface area (Å²) in [5, 5.41) is 9.38. The van der Waals surface area contributed by atoms with Gasteiger partial charge in [0.25, 0.3) is 11.8 Å². The van der Waals surface area contributed by atoms with Gasteiger partial charge in [-0.3, -0.25) is 9.59 Å². The van der Waals surface area contributed by atoms with Gasteiger partial charge in [0.15, 0.2) is 22.2 Å². The number of ether oxygens (including phenoxy) is 1. The van der Waals surface area contributed by atoms with Gasteiger partial charge in [0.2, 0.25) is 11.6 Å². The molecule has 0 bridgehead atoms. The van der Waals surface area contributed by atoms with E-state index in [0.29, 0.717) is 44.2 Å². The molecule has 2 aliphatic rings. The Morgan fingerprint density at radius 1 is 1.28 bits per heavy atom. The quantitative estimate of drug-likeness (QED) is 0.565. The summed E-state index contributed by atoms with van der Waals surface area (Å²) < 4.78 is 39.0. The topological polar surface area (TPSA) is 147 Å². The smallest absolute Gasteiger partial charge is 0.306 e. The Bertz CT molecular complexity index is 1130. The minimum absolute atomic E-state index is 0.000714. The van der Waals surface area contributed by atoms with Crippen molar-refractivity contribution in [3.8, 4) is 17.7 Å². The number of carbonyl (C=O) groups excluding carboxylic acids is 2. The molecule has 12 heteroatoms. The zero-order valence-corrected chi connectivity index (χ0v) is 18.0. The van der Waals surface area contributed by atoms with E-state index in [1.807, 2.05) is 11.0 Å². The van der Waals surface area contributed by atoms with E-state index < -0.39 is 15.8 Å². The van der Waals surface area contributed by atoms with Gasteiger partial charge < -0.3 is 23.4 Å². The van der Waals surface area contributed by atoms with Gasteiger partial charge in [0.1, 0.15) is 6.07 Å². The average Bonchev–Trinajstić information content (AvgIpc) is 3.51. The monoisotopic (exact) mass is 462 g/mol. The molecule has 2 aromatic heterocycles. The van der Waals surface area contributed by atoms with Gasteiger partial charge >= 0.3 is 5.97 Å². The van der Waals surface area contributed by atoms with Crippen LogP contribution in [0.3, 0.4) is 0 Å². The lowest BCUT2D eigenvalue weighted by Gasteiger charge is -2.34. The van der Waals surface area contributed by atoms with Crippen LogP contribution < -0.4 is 4.90 Å². The summed E-state index contributed by atoms with van der Waals surface area (Å²) in [6.07, 6.45) is 1.93. The molecule has 0 N–H and O–H groups in total. The molecule has 170 valence electrons. The lowest BCUT2D eigenvalue weighted by atomic mass is 10.1. The van der Waals surface area contributed by atoms with Crippen LogP contribution in [0.1, 0.15) is 18.5 Å². The van der Waals surface area contributed by atoms with Crippen LogP contribution in [0.5, 0.6) is 0 Å². The Labute approximate surface area is 184 Å². The second-order valence-electron chi connectivity index (χ2n) is 7.76. The summed E-state index contributed by atoms with van der Waals surface area (Å²) in [4.78, 5) is 31.9. The molecule has 0 saturated carbocycles. The number of oxazole rings is 1. The second-order valence-corrected chi connectivity index (χ2v) is 9.99. The van der Waals surface area contributed by atoms with Crippen molar-refractivity contribution in [3.05, 3.63) is 24.1 Å². The van der Waals surface area contributed by atoms with Gasteiger partial charge in [-0.2, -0.15) is 10.2 Å². The first-order valence-electron chi connectivity index (χ1n) is 10.2. The largest absolute Gasteiger partial charge is 0.459 e. The van der Waals surface area contributed by atoms with E-state index >= 15 is 0 Å². The van der Waals surface area contributed by atoms with E-state index in [-0.39, 0.29) is 47.9 Å². The Morgan fingerprint density at radius 3 is 2.69 bits per heavy atom. The van der Waals surface area contributed by atoms with E-state index in [1.54, 1.807) is 17.0 Å². The number of furan rings is 1. The number of amides is 1. The van der Waals surface area contributed by atoms with Gasteiger partial charge in [0, 0.05) is 32.6 Å². The van der Waals surface area contributed by atoms with Crippen LogP contribution in [0.25, 0.3) is 11.7 Å². The first-order chi connectivity index (χ1) is 15.3. The molecule has 1 atom stereocenters. The van der Waals surface area contributed by atoms with Crippen molar-refractivity contribution in [1.82, 2.24) is 9.88 Å². The van der Waals surface area contributed by atoms with Crippen molar-refractivity contribution in [2.45, 2.75) is 12.8 Å². The molecule has 2 saturated heterocycles. The van der Waals surface area contributed by atoms with Gasteiger partial charge in [-0.25, -0.2) is 8.42 Å². The number of hydrogen-bond donors (Lipinski definition) is 0. The summed E-state index contributed by atoms with van der Waals surface area (Å²) in [7, 11) is -3.06. The third-order valence-corrected chi connectivity index (χ3v) is 7.34. The minimum Gasteiger partial charge on any atom is -0.459 e. The zero-order chi connectivity index (χ0) is 22.7. The van der Waals surface area contributed by atoms with Crippen LogP contribution in [-0.4, -0.2) is 74.5 Å². The number of hydrogen-bond acceptors (Lipinski definition) is 10. The first-order valence-corrected chi connectivity index (χ1v) is 12.0. The molecule has 0 aromatic carbocycles. The van der Waals surface area contributed by atoms with Crippen molar-refractivity contribution in [2.24, 2.45) is 5.92 Å². The normalized spacial score (nSPS) is 20.2. The van der Waals surface area contributed by atoms with E-state index in [0.717, 1.165) is 0 Å². The number of nitrogens with zero attached hydrogens (tertiary/aromatic N) is 4. The van der Waals surface area contributed by atoms with Gasteiger partial charge in [-0.05, 0) is 24.5 Å². The predicted octanol–water partition coefficient (Wildman–Crippen LogP) is 0.823. The third-order valence-electron chi connectivity index (χ3n) is 5.51. The maximum Gasteiger partial charge on any atom is 0.306 e. The average molecular weight is 462 g/mol. The number of anilines is 1. The van der Waals surface area contributed by atoms with Gasteiger partial charge in [0.05, 0.1) is 17.8 Å². The molecule has 0 radical (unpaired) electrons. The SMILES string of the molecule is N#Cc1nc(-c2ccco2)oc1N1CCN(C(=O)COC(=O)CC2CCS(=O)(=O)C2)CC1. The van der Waals surface area contributed by atoms with E-state index in [9.17, 15) is 23.3 Å². The molecule has 1 unspecified atom stereocenters. The molecule has 2 aromatic rings. The first kappa shape index (κ1) is 21.9. The predicted molar refractivity (Wildman–Crippen MR) is 110 cm³/mol. The van der Waals surface area contributed by atoms with Crippen LogP contribution in [-0.2, 0) is 24.2 Å². The lowest BCUT2D eigenvalue weighted by Crippen LogP contribution is -2.50. The molecule has 0 aliphatic carbocycles. The van der Waals surface area contributed by atoms with Crippen LogP contribution >= 0.6 is 0 Å². The molecule has 4 heterocycles.